The summed E-state index contributed by atoms with van der Waals surface area (Å²) in [4.78, 5) is 0. The molecule has 0 radical (unpaired) electrons. The minimum absolute atomic E-state index is 0.0621. The number of benzene rings is 2. The average molecular weight is 351 g/mol. The van der Waals surface area contributed by atoms with E-state index < -0.39 is 0 Å². The van der Waals surface area contributed by atoms with Crippen molar-refractivity contribution in [3.63, 3.8) is 0 Å². The zero-order chi connectivity index (χ0) is 12.5. The van der Waals surface area contributed by atoms with E-state index in [1.54, 1.807) is 0 Å². The Balaban J connectivity index is 1.92. The molecule has 0 aliphatic carbocycles. The molecule has 18 heavy (non-hydrogen) atoms. The number of rotatable bonds is 2. The topological polar surface area (TPSA) is 35.2 Å². The maximum Gasteiger partial charge on any atom is 0.0725 e. The van der Waals surface area contributed by atoms with Crippen molar-refractivity contribution < 1.29 is 4.74 Å². The first-order chi connectivity index (χ1) is 8.74. The van der Waals surface area contributed by atoms with Crippen LogP contribution >= 0.6 is 22.6 Å². The van der Waals surface area contributed by atoms with Crippen LogP contribution in [-0.4, -0.2) is 0 Å². The molecule has 1 heterocycles. The van der Waals surface area contributed by atoms with Gasteiger partial charge in [0.1, 0.15) is 0 Å². The van der Waals surface area contributed by atoms with Gasteiger partial charge < -0.3 is 10.5 Å². The highest BCUT2D eigenvalue weighted by Gasteiger charge is 2.15. The first kappa shape index (κ1) is 12.1. The molecule has 0 amide bonds. The largest absolute Gasteiger partial charge is 0.372 e. The van der Waals surface area contributed by atoms with Crippen LogP contribution < -0.4 is 5.73 Å². The quantitative estimate of drug-likeness (QED) is 0.842. The summed E-state index contributed by atoms with van der Waals surface area (Å²) in [6.07, 6.45) is 0. The zero-order valence-electron chi connectivity index (χ0n) is 9.90. The van der Waals surface area contributed by atoms with Gasteiger partial charge in [-0.05, 0) is 57.0 Å². The van der Waals surface area contributed by atoms with Gasteiger partial charge in [-0.25, -0.2) is 0 Å². The Morgan fingerprint density at radius 3 is 2.39 bits per heavy atom. The van der Waals surface area contributed by atoms with Crippen LogP contribution in [0.2, 0.25) is 0 Å². The Morgan fingerprint density at radius 1 is 0.944 bits per heavy atom. The smallest absolute Gasteiger partial charge is 0.0725 e. The molecule has 0 saturated heterocycles. The fraction of sp³-hybridized carbons (Fsp3) is 0.200. The van der Waals surface area contributed by atoms with Crippen molar-refractivity contribution in [3.05, 3.63) is 68.3 Å². The van der Waals surface area contributed by atoms with E-state index in [0.717, 1.165) is 17.7 Å². The molecule has 2 aromatic rings. The fourth-order valence-corrected chi connectivity index (χ4v) is 2.61. The predicted octanol–water partition coefficient (Wildman–Crippen LogP) is 3.37. The summed E-state index contributed by atoms with van der Waals surface area (Å²) in [5.74, 6) is 0. The van der Waals surface area contributed by atoms with Gasteiger partial charge in [0, 0.05) is 3.57 Å². The molecule has 0 bridgehead atoms. The van der Waals surface area contributed by atoms with Crippen LogP contribution in [0.3, 0.4) is 0 Å². The minimum atomic E-state index is -0.0621. The Morgan fingerprint density at radius 2 is 1.61 bits per heavy atom. The third-order valence-corrected chi connectivity index (χ3v) is 4.05. The number of halogens is 1. The Bertz CT molecular complexity index is 565. The fourth-order valence-electron chi connectivity index (χ4n) is 2.25. The first-order valence-corrected chi connectivity index (χ1v) is 7.02. The van der Waals surface area contributed by atoms with Crippen LogP contribution in [0.15, 0.2) is 42.5 Å². The van der Waals surface area contributed by atoms with E-state index in [2.05, 4.69) is 65.1 Å². The van der Waals surface area contributed by atoms with Gasteiger partial charge in [0.15, 0.2) is 0 Å². The molecule has 3 heteroatoms. The van der Waals surface area contributed by atoms with Crippen molar-refractivity contribution in [2.45, 2.75) is 19.3 Å². The Labute approximate surface area is 120 Å². The van der Waals surface area contributed by atoms with Crippen LogP contribution in [0.4, 0.5) is 0 Å². The molecular weight excluding hydrogens is 337 g/mol. The standard InChI is InChI=1S/C15H14INO/c16-14-5-3-10(4-6-14)15(17)11-1-2-12-8-18-9-13(12)7-11/h1-7,15H,8-9,17H2. The molecule has 0 spiro atoms. The van der Waals surface area contributed by atoms with Gasteiger partial charge in [0.2, 0.25) is 0 Å². The SMILES string of the molecule is NC(c1ccc(I)cc1)c1ccc2c(c1)COC2. The van der Waals surface area contributed by atoms with Crippen molar-refractivity contribution in [2.24, 2.45) is 5.73 Å². The highest BCUT2D eigenvalue weighted by atomic mass is 127. The van der Waals surface area contributed by atoms with Crippen molar-refractivity contribution in [2.75, 3.05) is 0 Å². The lowest BCUT2D eigenvalue weighted by Crippen LogP contribution is -2.12. The van der Waals surface area contributed by atoms with Crippen molar-refractivity contribution in [3.8, 4) is 0 Å². The molecule has 1 unspecified atom stereocenters. The summed E-state index contributed by atoms with van der Waals surface area (Å²) < 4.78 is 6.66. The van der Waals surface area contributed by atoms with Gasteiger partial charge in [0.25, 0.3) is 0 Å². The number of hydrogen-bond acceptors (Lipinski definition) is 2. The summed E-state index contributed by atoms with van der Waals surface area (Å²) >= 11 is 2.30. The van der Waals surface area contributed by atoms with Crippen LogP contribution in [0.5, 0.6) is 0 Å². The second-order valence-electron chi connectivity index (χ2n) is 4.55. The molecule has 92 valence electrons. The molecule has 0 fully saturated rings. The molecular formula is C15H14INO. The maximum atomic E-state index is 6.32. The lowest BCUT2D eigenvalue weighted by Gasteiger charge is -2.13. The molecule has 0 saturated carbocycles. The highest BCUT2D eigenvalue weighted by molar-refractivity contribution is 14.1. The van der Waals surface area contributed by atoms with Crippen molar-refractivity contribution in [1.82, 2.24) is 0 Å². The van der Waals surface area contributed by atoms with Gasteiger partial charge in [-0.3, -0.25) is 0 Å². The molecule has 3 rings (SSSR count). The van der Waals surface area contributed by atoms with E-state index in [1.807, 2.05) is 0 Å². The highest BCUT2D eigenvalue weighted by Crippen LogP contribution is 2.26. The maximum absolute atomic E-state index is 6.32. The van der Waals surface area contributed by atoms with Crippen molar-refractivity contribution in [1.29, 1.82) is 0 Å². The van der Waals surface area contributed by atoms with Crippen LogP contribution in [-0.2, 0) is 18.0 Å². The number of ether oxygens (including phenoxy) is 1. The van der Waals surface area contributed by atoms with Crippen LogP contribution in [0, 0.1) is 3.57 Å². The normalized spacial score (nSPS) is 15.4. The molecule has 1 atom stereocenters. The van der Waals surface area contributed by atoms with E-state index in [0.29, 0.717) is 6.61 Å². The molecule has 1 aliphatic rings. The van der Waals surface area contributed by atoms with E-state index >= 15 is 0 Å². The van der Waals surface area contributed by atoms with E-state index in [4.69, 9.17) is 10.5 Å². The second-order valence-corrected chi connectivity index (χ2v) is 5.80. The van der Waals surface area contributed by atoms with E-state index in [-0.39, 0.29) is 6.04 Å². The van der Waals surface area contributed by atoms with E-state index in [9.17, 15) is 0 Å². The van der Waals surface area contributed by atoms with E-state index in [1.165, 1.54) is 14.7 Å². The van der Waals surface area contributed by atoms with Gasteiger partial charge in [-0.2, -0.15) is 0 Å². The van der Waals surface area contributed by atoms with Gasteiger partial charge in [-0.1, -0.05) is 30.3 Å². The van der Waals surface area contributed by atoms with Crippen molar-refractivity contribution >= 4 is 22.6 Å². The summed E-state index contributed by atoms with van der Waals surface area (Å²) in [6, 6.07) is 14.7. The summed E-state index contributed by atoms with van der Waals surface area (Å²) in [5.41, 5.74) is 11.2. The molecule has 0 aromatic heterocycles. The van der Waals surface area contributed by atoms with Crippen LogP contribution in [0.25, 0.3) is 0 Å². The minimum Gasteiger partial charge on any atom is -0.372 e. The first-order valence-electron chi connectivity index (χ1n) is 5.94. The predicted molar refractivity (Wildman–Crippen MR) is 80.1 cm³/mol. The number of nitrogens with two attached hydrogens (primary N) is 1. The third kappa shape index (κ3) is 2.30. The molecule has 1 aliphatic heterocycles. The van der Waals surface area contributed by atoms with Crippen LogP contribution in [0.1, 0.15) is 28.3 Å². The lowest BCUT2D eigenvalue weighted by atomic mass is 9.96. The Kier molecular flexibility index (Phi) is 3.37. The van der Waals surface area contributed by atoms with Gasteiger partial charge in [0.05, 0.1) is 19.3 Å². The second kappa shape index (κ2) is 4.99. The number of fused-ring (bicyclic) bond motifs is 1. The Hall–Kier alpha value is -0.910. The summed E-state index contributed by atoms with van der Waals surface area (Å²) in [6.45, 7) is 1.44. The molecule has 2 aromatic carbocycles. The average Bonchev–Trinajstić information content (AvgIpc) is 2.86. The molecule has 2 N–H and O–H groups in total. The summed E-state index contributed by atoms with van der Waals surface area (Å²) in [7, 11) is 0. The zero-order valence-corrected chi connectivity index (χ0v) is 12.1. The van der Waals surface area contributed by atoms with Gasteiger partial charge >= 0.3 is 0 Å². The number of hydrogen-bond donors (Lipinski definition) is 1. The third-order valence-electron chi connectivity index (χ3n) is 3.33. The monoisotopic (exact) mass is 351 g/mol. The lowest BCUT2D eigenvalue weighted by molar-refractivity contribution is 0.134. The van der Waals surface area contributed by atoms with Gasteiger partial charge in [-0.15, -0.1) is 0 Å². The molecule has 2 nitrogen and oxygen atoms in total. The summed E-state index contributed by atoms with van der Waals surface area (Å²) in [5, 5.41) is 0.